The van der Waals surface area contributed by atoms with Gasteiger partial charge in [0.05, 0.1) is 0 Å². The van der Waals surface area contributed by atoms with Crippen molar-refractivity contribution in [3.8, 4) is 0 Å². The molecule has 1 rings (SSSR count). The predicted octanol–water partition coefficient (Wildman–Crippen LogP) is 3.68. The van der Waals surface area contributed by atoms with Crippen LogP contribution in [0, 0.1) is 0 Å². The third-order valence-electron chi connectivity index (χ3n) is 3.18. The largest absolute Gasteiger partial charge is 0.299 e. The minimum absolute atomic E-state index is 0.208. The van der Waals surface area contributed by atoms with Crippen LogP contribution in [0.25, 0.3) is 0 Å². The second-order valence-corrected chi connectivity index (χ2v) is 4.96. The molecule has 0 aliphatic rings. The number of benzene rings is 1. The fourth-order valence-corrected chi connectivity index (χ4v) is 1.49. The lowest BCUT2D eigenvalue weighted by Crippen LogP contribution is -2.26. The molecule has 1 nitrogen and oxygen atoms in total. The van der Waals surface area contributed by atoms with Crippen LogP contribution in [0.15, 0.2) is 24.3 Å². The minimum Gasteiger partial charge on any atom is -0.299 e. The van der Waals surface area contributed by atoms with Crippen molar-refractivity contribution in [3.63, 3.8) is 0 Å². The molecular formula is C14H20O. The number of hydrogen-bond acceptors (Lipinski definition) is 1. The molecule has 1 aromatic carbocycles. The van der Waals surface area contributed by atoms with E-state index in [1.54, 1.807) is 6.92 Å². The highest BCUT2D eigenvalue weighted by atomic mass is 16.1. The number of hydrogen-bond donors (Lipinski definition) is 0. The average molecular weight is 204 g/mol. The standard InChI is InChI=1S/C14H20O/c1-10(2)12-6-8-13(9-7-12)14(4,5)11(3)15/h6-10H,1-5H3. The topological polar surface area (TPSA) is 17.1 Å². The highest BCUT2D eigenvalue weighted by molar-refractivity contribution is 5.87. The van der Waals surface area contributed by atoms with Gasteiger partial charge in [-0.2, -0.15) is 0 Å². The third kappa shape index (κ3) is 2.47. The third-order valence-corrected chi connectivity index (χ3v) is 3.18. The summed E-state index contributed by atoms with van der Waals surface area (Å²) < 4.78 is 0. The molecule has 0 amide bonds. The fourth-order valence-electron chi connectivity index (χ4n) is 1.49. The van der Waals surface area contributed by atoms with Gasteiger partial charge in [-0.15, -0.1) is 0 Å². The zero-order valence-electron chi connectivity index (χ0n) is 10.3. The molecule has 0 spiro atoms. The molecule has 0 heterocycles. The van der Waals surface area contributed by atoms with Crippen LogP contribution in [-0.2, 0) is 10.2 Å². The molecule has 0 atom stereocenters. The molecule has 0 saturated heterocycles. The Morgan fingerprint density at radius 3 is 1.93 bits per heavy atom. The summed E-state index contributed by atoms with van der Waals surface area (Å²) in [6.45, 7) is 9.94. The van der Waals surface area contributed by atoms with E-state index >= 15 is 0 Å². The van der Waals surface area contributed by atoms with E-state index in [9.17, 15) is 4.79 Å². The average Bonchev–Trinajstić information content (AvgIpc) is 2.17. The van der Waals surface area contributed by atoms with Gasteiger partial charge in [0.2, 0.25) is 0 Å². The molecule has 0 N–H and O–H groups in total. The van der Waals surface area contributed by atoms with E-state index in [1.165, 1.54) is 5.56 Å². The van der Waals surface area contributed by atoms with Crippen LogP contribution in [0.5, 0.6) is 0 Å². The highest BCUT2D eigenvalue weighted by Gasteiger charge is 2.25. The lowest BCUT2D eigenvalue weighted by Gasteiger charge is -2.22. The van der Waals surface area contributed by atoms with Gasteiger partial charge in [-0.3, -0.25) is 4.79 Å². The quantitative estimate of drug-likeness (QED) is 0.734. The van der Waals surface area contributed by atoms with Crippen LogP contribution in [0.2, 0.25) is 0 Å². The van der Waals surface area contributed by atoms with Crippen molar-refractivity contribution in [2.24, 2.45) is 0 Å². The van der Waals surface area contributed by atoms with Gasteiger partial charge in [0.15, 0.2) is 0 Å². The first-order valence-electron chi connectivity index (χ1n) is 5.47. The summed E-state index contributed by atoms with van der Waals surface area (Å²) in [5, 5.41) is 0. The first-order valence-corrected chi connectivity index (χ1v) is 5.47. The van der Waals surface area contributed by atoms with E-state index in [2.05, 4.69) is 38.1 Å². The normalized spacial score (nSPS) is 11.9. The maximum absolute atomic E-state index is 11.5. The summed E-state index contributed by atoms with van der Waals surface area (Å²) >= 11 is 0. The Morgan fingerprint density at radius 1 is 1.13 bits per heavy atom. The van der Waals surface area contributed by atoms with Gasteiger partial charge < -0.3 is 0 Å². The van der Waals surface area contributed by atoms with E-state index in [1.807, 2.05) is 13.8 Å². The predicted molar refractivity (Wildman–Crippen MR) is 64.2 cm³/mol. The maximum Gasteiger partial charge on any atom is 0.139 e. The SMILES string of the molecule is CC(=O)C(C)(C)c1ccc(C(C)C)cc1. The number of carbonyl (C=O) groups excluding carboxylic acids is 1. The molecule has 0 unspecified atom stereocenters. The van der Waals surface area contributed by atoms with E-state index < -0.39 is 0 Å². The molecule has 0 bridgehead atoms. The first kappa shape index (κ1) is 12.0. The van der Waals surface area contributed by atoms with Gasteiger partial charge in [-0.25, -0.2) is 0 Å². The molecule has 0 fully saturated rings. The number of Topliss-reactive ketones (excluding diaryl/α,β-unsaturated/α-hetero) is 1. The van der Waals surface area contributed by atoms with Gasteiger partial charge >= 0.3 is 0 Å². The Kier molecular flexibility index (Phi) is 3.33. The Bertz CT molecular complexity index is 344. The molecule has 15 heavy (non-hydrogen) atoms. The molecule has 0 aromatic heterocycles. The molecule has 0 aliphatic carbocycles. The van der Waals surface area contributed by atoms with Crippen LogP contribution < -0.4 is 0 Å². The number of carbonyl (C=O) groups is 1. The Hall–Kier alpha value is -1.11. The van der Waals surface area contributed by atoms with Crippen molar-refractivity contribution in [2.45, 2.75) is 46.0 Å². The second-order valence-electron chi connectivity index (χ2n) is 4.96. The van der Waals surface area contributed by atoms with Crippen LogP contribution in [-0.4, -0.2) is 5.78 Å². The minimum atomic E-state index is -0.366. The number of ketones is 1. The van der Waals surface area contributed by atoms with Crippen molar-refractivity contribution >= 4 is 5.78 Å². The summed E-state index contributed by atoms with van der Waals surface area (Å²) in [6.07, 6.45) is 0. The summed E-state index contributed by atoms with van der Waals surface area (Å²) in [4.78, 5) is 11.5. The van der Waals surface area contributed by atoms with E-state index in [4.69, 9.17) is 0 Å². The van der Waals surface area contributed by atoms with Crippen LogP contribution in [0.4, 0.5) is 0 Å². The summed E-state index contributed by atoms with van der Waals surface area (Å²) in [6, 6.07) is 8.36. The first-order chi connectivity index (χ1) is 6.85. The van der Waals surface area contributed by atoms with Gasteiger partial charge in [0.1, 0.15) is 5.78 Å². The monoisotopic (exact) mass is 204 g/mol. The molecule has 0 radical (unpaired) electrons. The van der Waals surface area contributed by atoms with Crippen LogP contribution >= 0.6 is 0 Å². The van der Waals surface area contributed by atoms with E-state index in [-0.39, 0.29) is 11.2 Å². The molecule has 0 saturated carbocycles. The molecule has 82 valence electrons. The van der Waals surface area contributed by atoms with Crippen molar-refractivity contribution in [2.75, 3.05) is 0 Å². The van der Waals surface area contributed by atoms with Crippen LogP contribution in [0.3, 0.4) is 0 Å². The molecule has 1 heteroatoms. The van der Waals surface area contributed by atoms with Crippen molar-refractivity contribution < 1.29 is 4.79 Å². The Balaban J connectivity index is 3.04. The Morgan fingerprint density at radius 2 is 1.60 bits per heavy atom. The zero-order chi connectivity index (χ0) is 11.6. The number of rotatable bonds is 3. The van der Waals surface area contributed by atoms with Gasteiger partial charge in [-0.05, 0) is 37.8 Å². The summed E-state index contributed by atoms with van der Waals surface area (Å²) in [5.74, 6) is 0.749. The molecule has 1 aromatic rings. The van der Waals surface area contributed by atoms with Crippen molar-refractivity contribution in [1.29, 1.82) is 0 Å². The molecule has 0 aliphatic heterocycles. The van der Waals surface area contributed by atoms with Crippen molar-refractivity contribution in [1.82, 2.24) is 0 Å². The highest BCUT2D eigenvalue weighted by Crippen LogP contribution is 2.25. The van der Waals surface area contributed by atoms with E-state index in [0.717, 1.165) is 5.56 Å². The lowest BCUT2D eigenvalue weighted by atomic mass is 9.80. The smallest absolute Gasteiger partial charge is 0.139 e. The van der Waals surface area contributed by atoms with Gasteiger partial charge in [0.25, 0.3) is 0 Å². The Labute approximate surface area is 92.5 Å². The maximum atomic E-state index is 11.5. The van der Waals surface area contributed by atoms with Gasteiger partial charge in [0, 0.05) is 5.41 Å². The molecular weight excluding hydrogens is 184 g/mol. The zero-order valence-corrected chi connectivity index (χ0v) is 10.3. The lowest BCUT2D eigenvalue weighted by molar-refractivity contribution is -0.121. The van der Waals surface area contributed by atoms with Gasteiger partial charge in [-0.1, -0.05) is 38.1 Å². The second kappa shape index (κ2) is 4.18. The fraction of sp³-hybridized carbons (Fsp3) is 0.500. The summed E-state index contributed by atoms with van der Waals surface area (Å²) in [5.41, 5.74) is 2.05. The van der Waals surface area contributed by atoms with Crippen molar-refractivity contribution in [3.05, 3.63) is 35.4 Å². The summed E-state index contributed by atoms with van der Waals surface area (Å²) in [7, 11) is 0. The van der Waals surface area contributed by atoms with Crippen LogP contribution in [0.1, 0.15) is 51.7 Å². The van der Waals surface area contributed by atoms with E-state index in [0.29, 0.717) is 5.92 Å².